The molecule has 8 heteroatoms. The Bertz CT molecular complexity index is 817. The number of halogens is 1. The Morgan fingerprint density at radius 1 is 1.04 bits per heavy atom. The van der Waals surface area contributed by atoms with Crippen molar-refractivity contribution in [3.8, 4) is 10.6 Å². The third kappa shape index (κ3) is 3.33. The Labute approximate surface area is 154 Å². The average molecular weight is 374 g/mol. The molecule has 0 unspecified atom stereocenters. The average Bonchev–Trinajstić information content (AvgIpc) is 3.32. The zero-order chi connectivity index (χ0) is 18.1. The molecule has 136 valence electrons. The Morgan fingerprint density at radius 3 is 2.50 bits per heavy atom. The molecule has 0 bridgehead atoms. The van der Waals surface area contributed by atoms with Crippen molar-refractivity contribution in [1.29, 1.82) is 0 Å². The largest absolute Gasteiger partial charge is 0.330 e. The van der Waals surface area contributed by atoms with Gasteiger partial charge in [-0.2, -0.15) is 0 Å². The summed E-state index contributed by atoms with van der Waals surface area (Å²) >= 11 is 1.35. The van der Waals surface area contributed by atoms with Crippen LogP contribution in [0.5, 0.6) is 0 Å². The maximum Gasteiger partial charge on any atom is 0.312 e. The van der Waals surface area contributed by atoms with Crippen LogP contribution in [0.25, 0.3) is 10.6 Å². The predicted molar refractivity (Wildman–Crippen MR) is 94.7 cm³/mol. The van der Waals surface area contributed by atoms with Gasteiger partial charge in [0.25, 0.3) is 0 Å². The van der Waals surface area contributed by atoms with Gasteiger partial charge in [-0.3, -0.25) is 9.59 Å². The first-order valence-electron chi connectivity index (χ1n) is 8.80. The Morgan fingerprint density at radius 2 is 1.77 bits per heavy atom. The highest BCUT2D eigenvalue weighted by molar-refractivity contribution is 7.14. The van der Waals surface area contributed by atoms with Crippen molar-refractivity contribution in [1.82, 2.24) is 20.0 Å². The lowest BCUT2D eigenvalue weighted by molar-refractivity contribution is -0.158. The standard InChI is InChI=1S/C18H19FN4O2S/c19-13-7-5-12(6-8-13)16-21-20-15(26-16)11-22-9-10-23(18(25)17(22)24)14-3-1-2-4-14/h5-8,14H,1-4,9-11H2. The van der Waals surface area contributed by atoms with Crippen molar-refractivity contribution in [2.24, 2.45) is 0 Å². The number of benzene rings is 1. The molecule has 1 aliphatic carbocycles. The van der Waals surface area contributed by atoms with Gasteiger partial charge in [0.05, 0.1) is 6.54 Å². The second-order valence-corrected chi connectivity index (χ2v) is 7.73. The van der Waals surface area contributed by atoms with Gasteiger partial charge in [-0.05, 0) is 37.1 Å². The van der Waals surface area contributed by atoms with Gasteiger partial charge in [-0.25, -0.2) is 4.39 Å². The number of hydrogen-bond donors (Lipinski definition) is 0. The highest BCUT2D eigenvalue weighted by atomic mass is 32.1. The van der Waals surface area contributed by atoms with Crippen LogP contribution in [0.15, 0.2) is 24.3 Å². The van der Waals surface area contributed by atoms with E-state index < -0.39 is 11.8 Å². The summed E-state index contributed by atoms with van der Waals surface area (Å²) in [7, 11) is 0. The topological polar surface area (TPSA) is 66.4 Å². The van der Waals surface area contributed by atoms with Crippen molar-refractivity contribution in [2.45, 2.75) is 38.3 Å². The highest BCUT2D eigenvalue weighted by Crippen LogP contribution is 2.27. The van der Waals surface area contributed by atoms with E-state index in [1.807, 2.05) is 0 Å². The third-order valence-electron chi connectivity index (χ3n) is 4.99. The Hall–Kier alpha value is -2.35. The molecule has 1 aromatic carbocycles. The zero-order valence-corrected chi connectivity index (χ0v) is 15.0. The zero-order valence-electron chi connectivity index (χ0n) is 14.2. The quantitative estimate of drug-likeness (QED) is 0.771. The SMILES string of the molecule is O=C1C(=O)N(C2CCCC2)CCN1Cc1nnc(-c2ccc(F)cc2)s1. The van der Waals surface area contributed by atoms with Crippen molar-refractivity contribution in [3.63, 3.8) is 0 Å². The summed E-state index contributed by atoms with van der Waals surface area (Å²) in [5.74, 6) is -1.16. The summed E-state index contributed by atoms with van der Waals surface area (Å²) in [6.45, 7) is 1.38. The second-order valence-electron chi connectivity index (χ2n) is 6.67. The molecular formula is C18H19FN4O2S. The lowest BCUT2D eigenvalue weighted by Gasteiger charge is -2.36. The molecule has 0 atom stereocenters. The van der Waals surface area contributed by atoms with Crippen LogP contribution in [0.1, 0.15) is 30.7 Å². The van der Waals surface area contributed by atoms with Crippen LogP contribution in [-0.2, 0) is 16.1 Å². The normalized spacial score (nSPS) is 18.8. The number of amides is 2. The Balaban J connectivity index is 1.42. The van der Waals surface area contributed by atoms with E-state index in [1.54, 1.807) is 21.9 Å². The first kappa shape index (κ1) is 17.1. The fraction of sp³-hybridized carbons (Fsp3) is 0.444. The summed E-state index contributed by atoms with van der Waals surface area (Å²) in [5.41, 5.74) is 0.781. The van der Waals surface area contributed by atoms with E-state index in [-0.39, 0.29) is 18.4 Å². The van der Waals surface area contributed by atoms with Gasteiger partial charge in [0.15, 0.2) is 0 Å². The van der Waals surface area contributed by atoms with Gasteiger partial charge < -0.3 is 9.80 Å². The minimum absolute atomic E-state index is 0.222. The molecule has 26 heavy (non-hydrogen) atoms. The molecule has 6 nitrogen and oxygen atoms in total. The number of aromatic nitrogens is 2. The third-order valence-corrected chi connectivity index (χ3v) is 5.95. The van der Waals surface area contributed by atoms with Crippen LogP contribution in [-0.4, -0.2) is 50.9 Å². The van der Waals surface area contributed by atoms with E-state index >= 15 is 0 Å². The molecule has 2 heterocycles. The minimum atomic E-state index is -0.457. The van der Waals surface area contributed by atoms with E-state index in [0.717, 1.165) is 31.2 Å². The number of hydrogen-bond acceptors (Lipinski definition) is 5. The molecule has 2 aromatic rings. The monoisotopic (exact) mass is 374 g/mol. The van der Waals surface area contributed by atoms with E-state index in [2.05, 4.69) is 10.2 Å². The summed E-state index contributed by atoms with van der Waals surface area (Å²) in [5, 5.41) is 9.57. The van der Waals surface area contributed by atoms with Crippen molar-refractivity contribution in [2.75, 3.05) is 13.1 Å². The molecular weight excluding hydrogens is 355 g/mol. The van der Waals surface area contributed by atoms with Crippen LogP contribution >= 0.6 is 11.3 Å². The molecule has 1 saturated heterocycles. The molecule has 0 spiro atoms. The molecule has 1 aliphatic heterocycles. The summed E-state index contributed by atoms with van der Waals surface area (Å²) in [6, 6.07) is 6.27. The van der Waals surface area contributed by atoms with Crippen LogP contribution in [0.4, 0.5) is 4.39 Å². The van der Waals surface area contributed by atoms with Gasteiger partial charge in [-0.15, -0.1) is 10.2 Å². The van der Waals surface area contributed by atoms with Crippen molar-refractivity contribution >= 4 is 23.2 Å². The summed E-state index contributed by atoms with van der Waals surface area (Å²) in [4.78, 5) is 28.2. The molecule has 2 amide bonds. The van der Waals surface area contributed by atoms with E-state index in [1.165, 1.54) is 23.5 Å². The molecule has 2 fully saturated rings. The van der Waals surface area contributed by atoms with Gasteiger partial charge in [0, 0.05) is 24.7 Å². The lowest BCUT2D eigenvalue weighted by atomic mass is 10.1. The number of carbonyl (C=O) groups excluding carboxylic acids is 2. The number of nitrogens with zero attached hydrogens (tertiary/aromatic N) is 4. The first-order valence-corrected chi connectivity index (χ1v) is 9.61. The maximum absolute atomic E-state index is 13.0. The van der Waals surface area contributed by atoms with Gasteiger partial charge in [-0.1, -0.05) is 24.2 Å². The van der Waals surface area contributed by atoms with Gasteiger partial charge >= 0.3 is 11.8 Å². The maximum atomic E-state index is 13.0. The van der Waals surface area contributed by atoms with E-state index in [4.69, 9.17) is 0 Å². The fourth-order valence-electron chi connectivity index (χ4n) is 3.59. The van der Waals surface area contributed by atoms with Crippen molar-refractivity contribution < 1.29 is 14.0 Å². The smallest absolute Gasteiger partial charge is 0.312 e. The second kappa shape index (κ2) is 7.11. The van der Waals surface area contributed by atoms with Crippen LogP contribution < -0.4 is 0 Å². The van der Waals surface area contributed by atoms with E-state index in [9.17, 15) is 14.0 Å². The summed E-state index contributed by atoms with van der Waals surface area (Å²) < 4.78 is 13.0. The molecule has 4 rings (SSSR count). The molecule has 0 N–H and O–H groups in total. The highest BCUT2D eigenvalue weighted by Gasteiger charge is 2.37. The predicted octanol–water partition coefficient (Wildman–Crippen LogP) is 2.46. The Kier molecular flexibility index (Phi) is 4.67. The van der Waals surface area contributed by atoms with Crippen LogP contribution in [0.2, 0.25) is 0 Å². The van der Waals surface area contributed by atoms with Gasteiger partial charge in [0.2, 0.25) is 0 Å². The summed E-state index contributed by atoms with van der Waals surface area (Å²) in [6.07, 6.45) is 4.25. The lowest BCUT2D eigenvalue weighted by Crippen LogP contribution is -2.56. The number of carbonyl (C=O) groups is 2. The first-order chi connectivity index (χ1) is 12.6. The van der Waals surface area contributed by atoms with Crippen molar-refractivity contribution in [3.05, 3.63) is 35.1 Å². The molecule has 1 saturated carbocycles. The van der Waals surface area contributed by atoms with Gasteiger partial charge in [0.1, 0.15) is 15.8 Å². The fourth-order valence-corrected chi connectivity index (χ4v) is 4.46. The van der Waals surface area contributed by atoms with E-state index in [0.29, 0.717) is 23.1 Å². The number of rotatable bonds is 4. The molecule has 2 aliphatic rings. The molecule has 0 radical (unpaired) electrons. The minimum Gasteiger partial charge on any atom is -0.330 e. The number of piperazine rings is 1. The molecule has 1 aromatic heterocycles. The van der Waals surface area contributed by atoms with Crippen LogP contribution in [0.3, 0.4) is 0 Å². The van der Waals surface area contributed by atoms with Crippen LogP contribution in [0, 0.1) is 5.82 Å².